The summed E-state index contributed by atoms with van der Waals surface area (Å²) in [5.74, 6) is -1.13. The second-order valence-electron chi connectivity index (χ2n) is 5.32. The minimum absolute atomic E-state index is 0.110. The summed E-state index contributed by atoms with van der Waals surface area (Å²) in [6.45, 7) is 4.15. The molecule has 0 spiro atoms. The van der Waals surface area contributed by atoms with Crippen LogP contribution < -0.4 is 5.73 Å². The van der Waals surface area contributed by atoms with Gasteiger partial charge < -0.3 is 10.6 Å². The second kappa shape index (κ2) is 6.67. The van der Waals surface area contributed by atoms with Crippen LogP contribution in [0.15, 0.2) is 18.2 Å². The molecule has 21 heavy (non-hydrogen) atoms. The van der Waals surface area contributed by atoms with Gasteiger partial charge in [0.25, 0.3) is 5.91 Å². The molecule has 1 aromatic carbocycles. The molecule has 1 aliphatic rings. The number of benzene rings is 1. The van der Waals surface area contributed by atoms with Crippen LogP contribution >= 0.6 is 0 Å². The van der Waals surface area contributed by atoms with Crippen molar-refractivity contribution >= 4 is 11.8 Å². The zero-order valence-electron chi connectivity index (χ0n) is 12.1. The molecular weight excluding hydrogens is 273 g/mol. The lowest BCUT2D eigenvalue weighted by Crippen LogP contribution is -2.38. The molecule has 0 unspecified atom stereocenters. The van der Waals surface area contributed by atoms with Crippen molar-refractivity contribution in [3.8, 4) is 0 Å². The van der Waals surface area contributed by atoms with E-state index in [1.54, 1.807) is 24.0 Å². The lowest BCUT2D eigenvalue weighted by Gasteiger charge is -2.21. The quantitative estimate of drug-likeness (QED) is 0.895. The lowest BCUT2D eigenvalue weighted by atomic mass is 10.1. The van der Waals surface area contributed by atoms with Crippen LogP contribution in [0.5, 0.6) is 0 Å². The van der Waals surface area contributed by atoms with Gasteiger partial charge in [-0.25, -0.2) is 4.39 Å². The van der Waals surface area contributed by atoms with Crippen molar-refractivity contribution in [3.05, 3.63) is 35.1 Å². The Hall–Kier alpha value is -1.95. The second-order valence-corrected chi connectivity index (χ2v) is 5.32. The minimum Gasteiger partial charge on any atom is -0.369 e. The highest BCUT2D eigenvalue weighted by Gasteiger charge is 2.23. The van der Waals surface area contributed by atoms with Crippen molar-refractivity contribution in [1.29, 1.82) is 0 Å². The Bertz CT molecular complexity index is 548. The van der Waals surface area contributed by atoms with E-state index in [0.717, 1.165) is 6.42 Å². The summed E-state index contributed by atoms with van der Waals surface area (Å²) >= 11 is 0. The van der Waals surface area contributed by atoms with Gasteiger partial charge in [0, 0.05) is 26.2 Å². The largest absolute Gasteiger partial charge is 0.369 e. The molecule has 0 bridgehead atoms. The summed E-state index contributed by atoms with van der Waals surface area (Å²) in [4.78, 5) is 26.9. The van der Waals surface area contributed by atoms with Crippen LogP contribution in [-0.4, -0.2) is 54.3 Å². The van der Waals surface area contributed by atoms with Crippen LogP contribution in [-0.2, 0) is 4.79 Å². The molecule has 1 saturated heterocycles. The standard InChI is InChI=1S/C15H20FN3O2/c1-11-4-2-5-12(14(11)16)15(21)19-7-3-6-18(8-9-19)10-13(17)20/h2,4-5H,3,6-10H2,1H3,(H2,17,20). The third kappa shape index (κ3) is 3.78. The number of carbonyl (C=O) groups excluding carboxylic acids is 2. The summed E-state index contributed by atoms with van der Waals surface area (Å²) in [5, 5.41) is 0. The van der Waals surface area contributed by atoms with Crippen molar-refractivity contribution in [1.82, 2.24) is 9.80 Å². The summed E-state index contributed by atoms with van der Waals surface area (Å²) in [6, 6.07) is 4.84. The van der Waals surface area contributed by atoms with E-state index in [4.69, 9.17) is 5.73 Å². The highest BCUT2D eigenvalue weighted by atomic mass is 19.1. The number of amides is 2. The Balaban J connectivity index is 2.06. The molecule has 1 aromatic rings. The van der Waals surface area contributed by atoms with Crippen molar-refractivity contribution in [2.45, 2.75) is 13.3 Å². The molecule has 114 valence electrons. The molecule has 6 heteroatoms. The zero-order chi connectivity index (χ0) is 15.4. The van der Waals surface area contributed by atoms with E-state index in [1.165, 1.54) is 6.07 Å². The maximum atomic E-state index is 14.0. The van der Waals surface area contributed by atoms with E-state index in [9.17, 15) is 14.0 Å². The fourth-order valence-corrected chi connectivity index (χ4v) is 2.54. The van der Waals surface area contributed by atoms with Crippen molar-refractivity contribution < 1.29 is 14.0 Å². The molecule has 0 atom stereocenters. The van der Waals surface area contributed by atoms with Gasteiger partial charge in [0.2, 0.25) is 5.91 Å². The Morgan fingerprint density at radius 2 is 2.00 bits per heavy atom. The van der Waals surface area contributed by atoms with Gasteiger partial charge in [0.1, 0.15) is 5.82 Å². The highest BCUT2D eigenvalue weighted by Crippen LogP contribution is 2.15. The van der Waals surface area contributed by atoms with Crippen molar-refractivity contribution in [3.63, 3.8) is 0 Å². The number of nitrogens with two attached hydrogens (primary N) is 1. The third-order valence-corrected chi connectivity index (χ3v) is 3.68. The van der Waals surface area contributed by atoms with Crippen LogP contribution in [0.1, 0.15) is 22.3 Å². The number of halogens is 1. The monoisotopic (exact) mass is 293 g/mol. The first-order chi connectivity index (χ1) is 9.99. The fraction of sp³-hybridized carbons (Fsp3) is 0.467. The molecule has 0 aliphatic carbocycles. The van der Waals surface area contributed by atoms with Gasteiger partial charge in [-0.15, -0.1) is 0 Å². The molecule has 1 fully saturated rings. The van der Waals surface area contributed by atoms with E-state index in [0.29, 0.717) is 31.7 Å². The fourth-order valence-electron chi connectivity index (χ4n) is 2.54. The molecule has 0 radical (unpaired) electrons. The number of nitrogens with zero attached hydrogens (tertiary/aromatic N) is 2. The van der Waals surface area contributed by atoms with Crippen LogP contribution in [0.4, 0.5) is 4.39 Å². The minimum atomic E-state index is -0.458. The lowest BCUT2D eigenvalue weighted by molar-refractivity contribution is -0.119. The average molecular weight is 293 g/mol. The third-order valence-electron chi connectivity index (χ3n) is 3.68. The number of hydrogen-bond donors (Lipinski definition) is 1. The van der Waals surface area contributed by atoms with E-state index < -0.39 is 5.82 Å². The van der Waals surface area contributed by atoms with Gasteiger partial charge >= 0.3 is 0 Å². The Kier molecular flexibility index (Phi) is 4.90. The SMILES string of the molecule is Cc1cccc(C(=O)N2CCCN(CC(N)=O)CC2)c1F. The Morgan fingerprint density at radius 1 is 1.24 bits per heavy atom. The number of primary amides is 1. The van der Waals surface area contributed by atoms with Gasteiger partial charge in [-0.2, -0.15) is 0 Å². The summed E-state index contributed by atoms with van der Waals surface area (Å²) in [7, 11) is 0. The predicted octanol–water partition coefficient (Wildman–Crippen LogP) is 0.767. The summed E-state index contributed by atoms with van der Waals surface area (Å²) < 4.78 is 14.0. The number of hydrogen-bond acceptors (Lipinski definition) is 3. The van der Waals surface area contributed by atoms with Crippen LogP contribution in [0, 0.1) is 12.7 Å². The highest BCUT2D eigenvalue weighted by molar-refractivity contribution is 5.94. The maximum Gasteiger partial charge on any atom is 0.256 e. The van der Waals surface area contributed by atoms with Gasteiger partial charge in [-0.1, -0.05) is 12.1 Å². The van der Waals surface area contributed by atoms with Gasteiger partial charge in [0.05, 0.1) is 12.1 Å². The van der Waals surface area contributed by atoms with Gasteiger partial charge in [0.15, 0.2) is 0 Å². The van der Waals surface area contributed by atoms with Crippen LogP contribution in [0.2, 0.25) is 0 Å². The van der Waals surface area contributed by atoms with E-state index in [-0.39, 0.29) is 23.9 Å². The van der Waals surface area contributed by atoms with E-state index in [2.05, 4.69) is 0 Å². The predicted molar refractivity (Wildman–Crippen MR) is 77.3 cm³/mol. The Labute approximate surface area is 123 Å². The topological polar surface area (TPSA) is 66.6 Å². The smallest absolute Gasteiger partial charge is 0.256 e. The number of rotatable bonds is 3. The normalized spacial score (nSPS) is 16.6. The average Bonchev–Trinajstić information content (AvgIpc) is 2.66. The zero-order valence-corrected chi connectivity index (χ0v) is 12.1. The summed E-state index contributed by atoms with van der Waals surface area (Å²) in [6.07, 6.45) is 0.743. The molecule has 1 heterocycles. The van der Waals surface area contributed by atoms with Crippen molar-refractivity contribution in [2.24, 2.45) is 5.73 Å². The van der Waals surface area contributed by atoms with Crippen molar-refractivity contribution in [2.75, 3.05) is 32.7 Å². The maximum absolute atomic E-state index is 14.0. The molecular formula is C15H20FN3O2. The molecule has 1 aliphatic heterocycles. The van der Waals surface area contributed by atoms with Gasteiger partial charge in [-0.05, 0) is 25.0 Å². The molecule has 0 saturated carbocycles. The van der Waals surface area contributed by atoms with E-state index >= 15 is 0 Å². The molecule has 2 amide bonds. The number of aryl methyl sites for hydroxylation is 1. The molecule has 2 rings (SSSR count). The van der Waals surface area contributed by atoms with Gasteiger partial charge in [-0.3, -0.25) is 14.5 Å². The Morgan fingerprint density at radius 3 is 2.71 bits per heavy atom. The number of carbonyl (C=O) groups is 2. The first-order valence-electron chi connectivity index (χ1n) is 7.04. The summed E-state index contributed by atoms with van der Waals surface area (Å²) in [5.41, 5.74) is 5.76. The van der Waals surface area contributed by atoms with Crippen LogP contribution in [0.3, 0.4) is 0 Å². The van der Waals surface area contributed by atoms with E-state index in [1.807, 2.05) is 4.90 Å². The van der Waals surface area contributed by atoms with Crippen LogP contribution in [0.25, 0.3) is 0 Å². The first-order valence-corrected chi connectivity index (χ1v) is 7.04. The first kappa shape index (κ1) is 15.4. The molecule has 0 aromatic heterocycles. The molecule has 2 N–H and O–H groups in total. The molecule has 5 nitrogen and oxygen atoms in total.